The van der Waals surface area contributed by atoms with Gasteiger partial charge in [0.1, 0.15) is 5.75 Å². The van der Waals surface area contributed by atoms with Crippen LogP contribution in [0.25, 0.3) is 10.9 Å². The van der Waals surface area contributed by atoms with Gasteiger partial charge in [-0.15, -0.1) is 0 Å². The van der Waals surface area contributed by atoms with Crippen molar-refractivity contribution in [2.75, 3.05) is 27.2 Å². The van der Waals surface area contributed by atoms with E-state index in [0.717, 1.165) is 23.9 Å². The van der Waals surface area contributed by atoms with E-state index in [-0.39, 0.29) is 6.54 Å². The standard InChI is InChI=1S/C16H23N3O3/c1-11(22-15(20)9-17)21-14-6-4-5-13-16(14)12(10-18-13)7-8-19(2)3/h4-6,10-11,18H,7-9,17H2,1-3H3. The number of benzene rings is 1. The molecule has 0 aliphatic rings. The van der Waals surface area contributed by atoms with Crippen LogP contribution in [0.15, 0.2) is 24.4 Å². The van der Waals surface area contributed by atoms with E-state index in [9.17, 15) is 4.79 Å². The van der Waals surface area contributed by atoms with Gasteiger partial charge in [0, 0.05) is 30.6 Å². The molecular weight excluding hydrogens is 282 g/mol. The van der Waals surface area contributed by atoms with Gasteiger partial charge in [0.2, 0.25) is 6.29 Å². The lowest BCUT2D eigenvalue weighted by atomic mass is 10.1. The van der Waals surface area contributed by atoms with Crippen LogP contribution in [-0.4, -0.2) is 49.3 Å². The van der Waals surface area contributed by atoms with Gasteiger partial charge in [-0.1, -0.05) is 6.07 Å². The van der Waals surface area contributed by atoms with Crippen LogP contribution < -0.4 is 10.5 Å². The number of aromatic nitrogens is 1. The molecule has 2 aromatic rings. The Labute approximate surface area is 130 Å². The highest BCUT2D eigenvalue weighted by Gasteiger charge is 2.14. The van der Waals surface area contributed by atoms with Crippen LogP contribution >= 0.6 is 0 Å². The van der Waals surface area contributed by atoms with E-state index < -0.39 is 12.3 Å². The number of nitrogens with two attached hydrogens (primary N) is 1. The fourth-order valence-corrected chi connectivity index (χ4v) is 2.30. The second-order valence-corrected chi connectivity index (χ2v) is 5.43. The predicted molar refractivity (Wildman–Crippen MR) is 85.8 cm³/mol. The zero-order valence-electron chi connectivity index (χ0n) is 13.3. The van der Waals surface area contributed by atoms with Gasteiger partial charge in [-0.2, -0.15) is 0 Å². The molecular formula is C16H23N3O3. The van der Waals surface area contributed by atoms with Crippen molar-refractivity contribution >= 4 is 16.9 Å². The van der Waals surface area contributed by atoms with Crippen LogP contribution in [0.5, 0.6) is 5.75 Å². The Morgan fingerprint density at radius 2 is 2.18 bits per heavy atom. The first-order valence-corrected chi connectivity index (χ1v) is 7.31. The quantitative estimate of drug-likeness (QED) is 0.598. The van der Waals surface area contributed by atoms with E-state index in [4.69, 9.17) is 15.2 Å². The molecule has 1 heterocycles. The van der Waals surface area contributed by atoms with Gasteiger partial charge >= 0.3 is 5.97 Å². The number of ether oxygens (including phenoxy) is 2. The molecule has 1 aromatic heterocycles. The summed E-state index contributed by atoms with van der Waals surface area (Å²) in [7, 11) is 4.08. The molecule has 0 saturated carbocycles. The Morgan fingerprint density at radius 3 is 2.86 bits per heavy atom. The predicted octanol–water partition coefficient (Wildman–Crippen LogP) is 1.50. The third kappa shape index (κ3) is 3.99. The number of aromatic amines is 1. The Morgan fingerprint density at radius 1 is 1.41 bits per heavy atom. The van der Waals surface area contributed by atoms with Crippen LogP contribution in [0.3, 0.4) is 0 Å². The number of carbonyl (C=O) groups is 1. The minimum atomic E-state index is -0.682. The SMILES string of the molecule is CC(OC(=O)CN)Oc1cccc2[nH]cc(CCN(C)C)c12. The van der Waals surface area contributed by atoms with Crippen LogP contribution in [0, 0.1) is 0 Å². The average Bonchev–Trinajstić information content (AvgIpc) is 2.89. The van der Waals surface area contributed by atoms with Crippen LogP contribution in [-0.2, 0) is 16.0 Å². The lowest BCUT2D eigenvalue weighted by Crippen LogP contribution is -2.25. The first-order valence-electron chi connectivity index (χ1n) is 7.31. The fraction of sp³-hybridized carbons (Fsp3) is 0.438. The Bertz CT molecular complexity index is 637. The highest BCUT2D eigenvalue weighted by atomic mass is 16.7. The Kier molecular flexibility index (Phi) is 5.41. The van der Waals surface area contributed by atoms with Gasteiger partial charge in [0.15, 0.2) is 0 Å². The topological polar surface area (TPSA) is 80.6 Å². The molecule has 3 N–H and O–H groups in total. The average molecular weight is 305 g/mol. The van der Waals surface area contributed by atoms with Gasteiger partial charge < -0.3 is 25.1 Å². The molecule has 6 heteroatoms. The zero-order valence-corrected chi connectivity index (χ0v) is 13.3. The van der Waals surface area contributed by atoms with Crippen molar-refractivity contribution in [3.63, 3.8) is 0 Å². The summed E-state index contributed by atoms with van der Waals surface area (Å²) in [6.07, 6.45) is 2.22. The van der Waals surface area contributed by atoms with Crippen molar-refractivity contribution in [3.8, 4) is 5.75 Å². The van der Waals surface area contributed by atoms with E-state index in [1.165, 1.54) is 5.56 Å². The Balaban J connectivity index is 2.21. The van der Waals surface area contributed by atoms with Crippen molar-refractivity contribution in [2.24, 2.45) is 5.73 Å². The van der Waals surface area contributed by atoms with Crippen LogP contribution in [0.4, 0.5) is 0 Å². The largest absolute Gasteiger partial charge is 0.454 e. The number of H-pyrrole nitrogens is 1. The molecule has 0 spiro atoms. The fourth-order valence-electron chi connectivity index (χ4n) is 2.30. The maximum atomic E-state index is 11.2. The molecule has 1 aromatic carbocycles. The number of likely N-dealkylation sites (N-methyl/N-ethyl adjacent to an activating group) is 1. The van der Waals surface area contributed by atoms with Gasteiger partial charge in [-0.05, 0) is 38.2 Å². The number of rotatable bonds is 7. The molecule has 1 unspecified atom stereocenters. The summed E-state index contributed by atoms with van der Waals surface area (Å²) in [6.45, 7) is 2.47. The smallest absolute Gasteiger partial charge is 0.322 e. The molecule has 0 aliphatic carbocycles. The molecule has 1 atom stereocenters. The number of carbonyl (C=O) groups excluding carboxylic acids is 1. The highest BCUT2D eigenvalue weighted by Crippen LogP contribution is 2.30. The molecule has 2 rings (SSSR count). The molecule has 22 heavy (non-hydrogen) atoms. The minimum absolute atomic E-state index is 0.157. The number of fused-ring (bicyclic) bond motifs is 1. The molecule has 0 amide bonds. The highest BCUT2D eigenvalue weighted by molar-refractivity contribution is 5.89. The maximum absolute atomic E-state index is 11.2. The summed E-state index contributed by atoms with van der Waals surface area (Å²) in [6, 6.07) is 5.78. The van der Waals surface area contributed by atoms with Crippen LogP contribution in [0.1, 0.15) is 12.5 Å². The Hall–Kier alpha value is -2.05. The summed E-state index contributed by atoms with van der Waals surface area (Å²) in [5, 5.41) is 1.03. The lowest BCUT2D eigenvalue weighted by Gasteiger charge is -2.16. The zero-order chi connectivity index (χ0) is 16.1. The van der Waals surface area contributed by atoms with E-state index in [1.807, 2.05) is 38.5 Å². The summed E-state index contributed by atoms with van der Waals surface area (Å²) in [5.74, 6) is 0.214. The summed E-state index contributed by atoms with van der Waals surface area (Å²) in [5.41, 5.74) is 7.42. The summed E-state index contributed by atoms with van der Waals surface area (Å²) < 4.78 is 10.8. The first kappa shape index (κ1) is 16.3. The summed E-state index contributed by atoms with van der Waals surface area (Å²) in [4.78, 5) is 16.6. The molecule has 0 fully saturated rings. The molecule has 120 valence electrons. The number of nitrogens with one attached hydrogen (secondary N) is 1. The number of hydrogen-bond acceptors (Lipinski definition) is 5. The lowest BCUT2D eigenvalue weighted by molar-refractivity contribution is -0.159. The second kappa shape index (κ2) is 7.29. The maximum Gasteiger partial charge on any atom is 0.322 e. The van der Waals surface area contributed by atoms with Crippen molar-refractivity contribution in [2.45, 2.75) is 19.6 Å². The van der Waals surface area contributed by atoms with Gasteiger partial charge in [0.25, 0.3) is 0 Å². The van der Waals surface area contributed by atoms with Gasteiger partial charge in [0.05, 0.1) is 6.54 Å². The second-order valence-electron chi connectivity index (χ2n) is 5.43. The molecule has 0 saturated heterocycles. The van der Waals surface area contributed by atoms with E-state index in [2.05, 4.69) is 9.88 Å². The minimum Gasteiger partial charge on any atom is -0.454 e. The van der Waals surface area contributed by atoms with E-state index >= 15 is 0 Å². The van der Waals surface area contributed by atoms with Crippen molar-refractivity contribution < 1.29 is 14.3 Å². The normalized spacial score (nSPS) is 12.6. The van der Waals surface area contributed by atoms with Crippen LogP contribution in [0.2, 0.25) is 0 Å². The molecule has 0 bridgehead atoms. The monoisotopic (exact) mass is 305 g/mol. The van der Waals surface area contributed by atoms with E-state index in [1.54, 1.807) is 6.92 Å². The first-order chi connectivity index (χ1) is 10.5. The van der Waals surface area contributed by atoms with Gasteiger partial charge in [-0.25, -0.2) is 0 Å². The third-order valence-electron chi connectivity index (χ3n) is 3.33. The molecule has 0 aliphatic heterocycles. The molecule has 6 nitrogen and oxygen atoms in total. The number of hydrogen-bond donors (Lipinski definition) is 2. The van der Waals surface area contributed by atoms with E-state index in [0.29, 0.717) is 5.75 Å². The third-order valence-corrected chi connectivity index (χ3v) is 3.33. The van der Waals surface area contributed by atoms with Crippen molar-refractivity contribution in [1.29, 1.82) is 0 Å². The van der Waals surface area contributed by atoms with Crippen molar-refractivity contribution in [3.05, 3.63) is 30.0 Å². The van der Waals surface area contributed by atoms with Gasteiger partial charge in [-0.3, -0.25) is 4.79 Å². The number of esters is 1. The summed E-state index contributed by atoms with van der Waals surface area (Å²) >= 11 is 0. The van der Waals surface area contributed by atoms with Crippen molar-refractivity contribution in [1.82, 2.24) is 9.88 Å². The molecule has 0 radical (unpaired) electrons. The number of nitrogens with zero attached hydrogens (tertiary/aromatic N) is 1.